The van der Waals surface area contributed by atoms with Crippen molar-refractivity contribution in [2.45, 2.75) is 24.7 Å². The fraction of sp³-hybridized carbons (Fsp3) is 0.385. The number of nitrogens with one attached hydrogen (secondary N) is 1. The number of alkyl halides is 3. The SMILES string of the molecule is Cc1cccc(-n2nnnc2SCCCNC(=O)C(F)(F)F)c1. The molecule has 0 spiro atoms. The molecule has 1 aromatic heterocycles. The van der Waals surface area contributed by atoms with Crippen LogP contribution < -0.4 is 5.32 Å². The number of aromatic nitrogens is 4. The highest BCUT2D eigenvalue weighted by Crippen LogP contribution is 2.19. The Balaban J connectivity index is 1.84. The lowest BCUT2D eigenvalue weighted by Gasteiger charge is -2.07. The Morgan fingerprint density at radius 3 is 2.87 bits per heavy atom. The van der Waals surface area contributed by atoms with Crippen LogP contribution >= 0.6 is 11.8 Å². The molecule has 1 N–H and O–H groups in total. The average molecular weight is 345 g/mol. The van der Waals surface area contributed by atoms with E-state index in [9.17, 15) is 18.0 Å². The molecular formula is C13H14F3N5OS. The molecule has 6 nitrogen and oxygen atoms in total. The van der Waals surface area contributed by atoms with Crippen LogP contribution in [-0.4, -0.2) is 44.6 Å². The summed E-state index contributed by atoms with van der Waals surface area (Å²) >= 11 is 1.31. The molecule has 10 heteroatoms. The number of hydrogen-bond donors (Lipinski definition) is 1. The van der Waals surface area contributed by atoms with Crippen molar-refractivity contribution in [1.82, 2.24) is 25.5 Å². The van der Waals surface area contributed by atoms with E-state index in [0.717, 1.165) is 11.3 Å². The topological polar surface area (TPSA) is 72.7 Å². The van der Waals surface area contributed by atoms with Gasteiger partial charge in [0.2, 0.25) is 5.16 Å². The van der Waals surface area contributed by atoms with Gasteiger partial charge in [-0.3, -0.25) is 4.79 Å². The first kappa shape index (κ1) is 17.3. The molecule has 0 unspecified atom stereocenters. The standard InChI is InChI=1S/C13H14F3N5OS/c1-9-4-2-5-10(8-9)21-12(18-19-20-21)23-7-3-6-17-11(22)13(14,15)16/h2,4-5,8H,3,6-7H2,1H3,(H,17,22). The Morgan fingerprint density at radius 1 is 1.39 bits per heavy atom. The quantitative estimate of drug-likeness (QED) is 0.641. The molecule has 0 aliphatic heterocycles. The van der Waals surface area contributed by atoms with Crippen LogP contribution in [0.1, 0.15) is 12.0 Å². The first-order chi connectivity index (χ1) is 10.9. The van der Waals surface area contributed by atoms with E-state index in [1.54, 1.807) is 4.68 Å². The van der Waals surface area contributed by atoms with Crippen molar-refractivity contribution < 1.29 is 18.0 Å². The number of tetrazole rings is 1. The molecule has 0 bridgehead atoms. The summed E-state index contributed by atoms with van der Waals surface area (Å²) in [4.78, 5) is 10.6. The molecular weight excluding hydrogens is 331 g/mol. The Hall–Kier alpha value is -2.10. The number of rotatable bonds is 6. The van der Waals surface area contributed by atoms with Crippen molar-refractivity contribution in [2.24, 2.45) is 0 Å². The maximum absolute atomic E-state index is 12.0. The second kappa shape index (κ2) is 7.44. The van der Waals surface area contributed by atoms with Gasteiger partial charge in [-0.1, -0.05) is 23.9 Å². The Kier molecular flexibility index (Phi) is 5.59. The highest BCUT2D eigenvalue weighted by Gasteiger charge is 2.38. The maximum Gasteiger partial charge on any atom is 0.471 e. The summed E-state index contributed by atoms with van der Waals surface area (Å²) < 4.78 is 37.6. The van der Waals surface area contributed by atoms with Crippen LogP contribution in [0.15, 0.2) is 29.4 Å². The van der Waals surface area contributed by atoms with Crippen LogP contribution in [0.4, 0.5) is 13.2 Å². The fourth-order valence-corrected chi connectivity index (χ4v) is 2.56. The molecule has 0 fully saturated rings. The predicted octanol–water partition coefficient (Wildman–Crippen LogP) is 2.13. The average Bonchev–Trinajstić information content (AvgIpc) is 2.94. The second-order valence-corrected chi connectivity index (χ2v) is 5.73. The molecule has 1 heterocycles. The smallest absolute Gasteiger partial charge is 0.348 e. The molecule has 0 saturated heterocycles. The zero-order chi connectivity index (χ0) is 16.9. The van der Waals surface area contributed by atoms with E-state index < -0.39 is 12.1 Å². The number of benzene rings is 1. The van der Waals surface area contributed by atoms with Gasteiger partial charge in [-0.15, -0.1) is 5.10 Å². The van der Waals surface area contributed by atoms with E-state index in [-0.39, 0.29) is 6.54 Å². The third kappa shape index (κ3) is 4.95. The van der Waals surface area contributed by atoms with Crippen molar-refractivity contribution in [3.63, 3.8) is 0 Å². The highest BCUT2D eigenvalue weighted by molar-refractivity contribution is 7.99. The summed E-state index contributed by atoms with van der Waals surface area (Å²) in [6.07, 6.45) is -4.48. The van der Waals surface area contributed by atoms with Gasteiger partial charge in [-0.25, -0.2) is 0 Å². The molecule has 124 valence electrons. The number of carbonyl (C=O) groups is 1. The zero-order valence-corrected chi connectivity index (χ0v) is 13.0. The number of thioether (sulfide) groups is 1. The van der Waals surface area contributed by atoms with Gasteiger partial charge >= 0.3 is 12.1 Å². The van der Waals surface area contributed by atoms with Crippen LogP contribution in [0, 0.1) is 6.92 Å². The number of halogens is 3. The Bertz CT molecular complexity index is 674. The molecule has 0 atom stereocenters. The summed E-state index contributed by atoms with van der Waals surface area (Å²) in [6.45, 7) is 1.89. The third-order valence-corrected chi connectivity index (χ3v) is 3.79. The minimum absolute atomic E-state index is 0.0582. The van der Waals surface area contributed by atoms with Gasteiger partial charge in [0.1, 0.15) is 0 Å². The molecule has 1 aromatic carbocycles. The van der Waals surface area contributed by atoms with Crippen LogP contribution in [0.25, 0.3) is 5.69 Å². The first-order valence-corrected chi connectivity index (χ1v) is 7.70. The van der Waals surface area contributed by atoms with E-state index in [1.807, 2.05) is 36.5 Å². The lowest BCUT2D eigenvalue weighted by Crippen LogP contribution is -2.37. The molecule has 0 saturated carbocycles. The number of carbonyl (C=O) groups excluding carboxylic acids is 1. The molecule has 23 heavy (non-hydrogen) atoms. The number of amides is 1. The van der Waals surface area contributed by atoms with Gasteiger partial charge in [0, 0.05) is 12.3 Å². The minimum Gasteiger partial charge on any atom is -0.348 e. The van der Waals surface area contributed by atoms with Gasteiger partial charge in [-0.2, -0.15) is 17.9 Å². The Morgan fingerprint density at radius 2 is 2.17 bits per heavy atom. The predicted molar refractivity (Wildman–Crippen MR) is 78.3 cm³/mol. The van der Waals surface area contributed by atoms with Crippen LogP contribution in [0.3, 0.4) is 0 Å². The van der Waals surface area contributed by atoms with Crippen molar-refractivity contribution in [1.29, 1.82) is 0 Å². The fourth-order valence-electron chi connectivity index (χ4n) is 1.73. The van der Waals surface area contributed by atoms with E-state index >= 15 is 0 Å². The van der Waals surface area contributed by atoms with Gasteiger partial charge in [0.15, 0.2) is 0 Å². The lowest BCUT2D eigenvalue weighted by molar-refractivity contribution is -0.173. The van der Waals surface area contributed by atoms with Gasteiger partial charge in [0.25, 0.3) is 0 Å². The molecule has 2 rings (SSSR count). The highest BCUT2D eigenvalue weighted by atomic mass is 32.2. The second-order valence-electron chi connectivity index (χ2n) is 4.67. The van der Waals surface area contributed by atoms with Crippen LogP contribution in [0.5, 0.6) is 0 Å². The minimum atomic E-state index is -4.84. The normalized spacial score (nSPS) is 11.5. The molecule has 0 radical (unpaired) electrons. The van der Waals surface area contributed by atoms with E-state index in [4.69, 9.17) is 0 Å². The zero-order valence-electron chi connectivity index (χ0n) is 12.2. The van der Waals surface area contributed by atoms with Crippen LogP contribution in [-0.2, 0) is 4.79 Å². The molecule has 2 aromatic rings. The van der Waals surface area contributed by atoms with Gasteiger partial charge in [0.05, 0.1) is 5.69 Å². The lowest BCUT2D eigenvalue weighted by atomic mass is 10.2. The maximum atomic E-state index is 12.0. The number of aryl methyl sites for hydroxylation is 1. The molecule has 0 aliphatic carbocycles. The van der Waals surface area contributed by atoms with Crippen molar-refractivity contribution >= 4 is 17.7 Å². The van der Waals surface area contributed by atoms with Crippen molar-refractivity contribution in [2.75, 3.05) is 12.3 Å². The summed E-state index contributed by atoms with van der Waals surface area (Å²) in [5.74, 6) is -1.45. The van der Waals surface area contributed by atoms with E-state index in [0.29, 0.717) is 17.3 Å². The largest absolute Gasteiger partial charge is 0.471 e. The Labute approximate surface area is 134 Å². The summed E-state index contributed by atoms with van der Waals surface area (Å²) in [5, 5.41) is 13.8. The summed E-state index contributed by atoms with van der Waals surface area (Å²) in [7, 11) is 0. The van der Waals surface area contributed by atoms with Crippen molar-refractivity contribution in [3.8, 4) is 5.69 Å². The molecule has 1 amide bonds. The first-order valence-electron chi connectivity index (χ1n) is 6.71. The van der Waals surface area contributed by atoms with Crippen molar-refractivity contribution in [3.05, 3.63) is 29.8 Å². The third-order valence-electron chi connectivity index (χ3n) is 2.78. The van der Waals surface area contributed by atoms with Gasteiger partial charge in [-0.05, 0) is 41.5 Å². The van der Waals surface area contributed by atoms with Crippen LogP contribution in [0.2, 0.25) is 0 Å². The number of hydrogen-bond acceptors (Lipinski definition) is 5. The summed E-state index contributed by atoms with van der Waals surface area (Å²) in [5.41, 5.74) is 1.87. The summed E-state index contributed by atoms with van der Waals surface area (Å²) in [6, 6.07) is 7.61. The van der Waals surface area contributed by atoms with E-state index in [1.165, 1.54) is 11.8 Å². The van der Waals surface area contributed by atoms with Gasteiger partial charge < -0.3 is 5.32 Å². The number of nitrogens with zero attached hydrogens (tertiary/aromatic N) is 4. The molecule has 0 aliphatic rings. The monoisotopic (exact) mass is 345 g/mol. The van der Waals surface area contributed by atoms with E-state index in [2.05, 4.69) is 15.5 Å².